The van der Waals surface area contributed by atoms with E-state index in [0.717, 1.165) is 12.0 Å². The van der Waals surface area contributed by atoms with Gasteiger partial charge in [0.1, 0.15) is 0 Å². The van der Waals surface area contributed by atoms with Crippen LogP contribution < -0.4 is 5.73 Å². The summed E-state index contributed by atoms with van der Waals surface area (Å²) < 4.78 is 22.7. The lowest BCUT2D eigenvalue weighted by Gasteiger charge is -2.18. The van der Waals surface area contributed by atoms with Crippen molar-refractivity contribution >= 4 is 9.84 Å². The van der Waals surface area contributed by atoms with Gasteiger partial charge in [0.15, 0.2) is 9.84 Å². The quantitative estimate of drug-likeness (QED) is 0.817. The predicted molar refractivity (Wildman–Crippen MR) is 72.3 cm³/mol. The Kier molecular flexibility index (Phi) is 5.31. The van der Waals surface area contributed by atoms with Gasteiger partial charge < -0.3 is 10.8 Å². The maximum atomic E-state index is 11.4. The van der Waals surface area contributed by atoms with E-state index in [1.165, 1.54) is 6.26 Å². The number of aliphatic hydroxyl groups is 1. The van der Waals surface area contributed by atoms with Gasteiger partial charge in [0.25, 0.3) is 0 Å². The zero-order chi connectivity index (χ0) is 13.8. The third-order valence-corrected chi connectivity index (χ3v) is 4.23. The lowest BCUT2D eigenvalue weighted by molar-refractivity contribution is 0.162. The summed E-state index contributed by atoms with van der Waals surface area (Å²) in [5.74, 6) is 0.206. The van der Waals surface area contributed by atoms with E-state index in [9.17, 15) is 13.5 Å². The summed E-state index contributed by atoms with van der Waals surface area (Å²) in [6, 6.07) is 6.85. The van der Waals surface area contributed by atoms with Crippen LogP contribution in [0.4, 0.5) is 0 Å². The van der Waals surface area contributed by atoms with Crippen molar-refractivity contribution in [3.63, 3.8) is 0 Å². The third kappa shape index (κ3) is 4.08. The first-order valence-corrected chi connectivity index (χ1v) is 7.95. The Balaban J connectivity index is 2.89. The number of benzene rings is 1. The summed E-state index contributed by atoms with van der Waals surface area (Å²) >= 11 is 0. The van der Waals surface area contributed by atoms with Crippen LogP contribution in [0.25, 0.3) is 0 Å². The van der Waals surface area contributed by atoms with Crippen molar-refractivity contribution in [2.45, 2.75) is 36.7 Å². The van der Waals surface area contributed by atoms with Crippen LogP contribution in [0.1, 0.15) is 31.2 Å². The number of aliphatic hydroxyl groups excluding tert-OH is 1. The van der Waals surface area contributed by atoms with Crippen LogP contribution in [0.5, 0.6) is 0 Å². The molecule has 2 atom stereocenters. The average molecular weight is 271 g/mol. The predicted octanol–water partition coefficient (Wildman–Crippen LogP) is 1.29. The number of nitrogens with two attached hydrogens (primary N) is 1. The number of hydrogen-bond acceptors (Lipinski definition) is 4. The Morgan fingerprint density at radius 2 is 1.83 bits per heavy atom. The Morgan fingerprint density at radius 3 is 2.22 bits per heavy atom. The molecule has 0 aromatic heterocycles. The van der Waals surface area contributed by atoms with Gasteiger partial charge in [-0.25, -0.2) is 8.42 Å². The lowest BCUT2D eigenvalue weighted by atomic mass is 9.91. The molecule has 4 nitrogen and oxygen atoms in total. The normalized spacial score (nSPS) is 15.3. The second-order valence-electron chi connectivity index (χ2n) is 4.57. The smallest absolute Gasteiger partial charge is 0.175 e. The molecule has 0 radical (unpaired) electrons. The van der Waals surface area contributed by atoms with Crippen molar-refractivity contribution < 1.29 is 13.5 Å². The standard InChI is InChI=1S/C13H21NO3S/c1-3-10(8-12(15)9-14)11-4-6-13(7-5-11)18(2,16)17/h4-7,10,12,15H,3,8-9,14H2,1-2H3. The topological polar surface area (TPSA) is 80.4 Å². The summed E-state index contributed by atoms with van der Waals surface area (Å²) in [5, 5.41) is 9.58. The SMILES string of the molecule is CCC(CC(O)CN)c1ccc(S(C)(=O)=O)cc1. The largest absolute Gasteiger partial charge is 0.392 e. The first-order chi connectivity index (χ1) is 8.38. The molecule has 0 saturated carbocycles. The molecule has 5 heteroatoms. The molecule has 0 aliphatic rings. The van der Waals surface area contributed by atoms with Crippen LogP contribution in [0.2, 0.25) is 0 Å². The van der Waals surface area contributed by atoms with Crippen LogP contribution >= 0.6 is 0 Å². The van der Waals surface area contributed by atoms with Crippen molar-refractivity contribution in [1.29, 1.82) is 0 Å². The van der Waals surface area contributed by atoms with Crippen LogP contribution in [-0.4, -0.2) is 32.4 Å². The first kappa shape index (κ1) is 15.1. The van der Waals surface area contributed by atoms with Crippen LogP contribution in [0.15, 0.2) is 29.2 Å². The molecular formula is C13H21NO3S. The van der Waals surface area contributed by atoms with Gasteiger partial charge in [-0.2, -0.15) is 0 Å². The highest BCUT2D eigenvalue weighted by molar-refractivity contribution is 7.90. The lowest BCUT2D eigenvalue weighted by Crippen LogP contribution is -2.22. The van der Waals surface area contributed by atoms with Crippen molar-refractivity contribution in [2.24, 2.45) is 5.73 Å². The Morgan fingerprint density at radius 1 is 1.28 bits per heavy atom. The molecule has 102 valence electrons. The van der Waals surface area contributed by atoms with E-state index in [1.54, 1.807) is 12.1 Å². The molecular weight excluding hydrogens is 250 g/mol. The number of rotatable bonds is 6. The Bertz CT molecular complexity index is 468. The molecule has 0 aliphatic carbocycles. The first-order valence-electron chi connectivity index (χ1n) is 6.06. The molecule has 0 bridgehead atoms. The second-order valence-corrected chi connectivity index (χ2v) is 6.59. The highest BCUT2D eigenvalue weighted by atomic mass is 32.2. The Hall–Kier alpha value is -0.910. The van der Waals surface area contributed by atoms with Gasteiger partial charge >= 0.3 is 0 Å². The molecule has 1 aromatic carbocycles. The summed E-state index contributed by atoms with van der Waals surface area (Å²) in [4.78, 5) is 0.320. The van der Waals surface area contributed by atoms with E-state index in [2.05, 4.69) is 0 Å². The van der Waals surface area contributed by atoms with Crippen LogP contribution in [-0.2, 0) is 9.84 Å². The molecule has 18 heavy (non-hydrogen) atoms. The van der Waals surface area contributed by atoms with Gasteiger partial charge in [0.2, 0.25) is 0 Å². The van der Waals surface area contributed by atoms with Crippen molar-refractivity contribution in [3.05, 3.63) is 29.8 Å². The van der Waals surface area contributed by atoms with E-state index < -0.39 is 15.9 Å². The molecule has 0 spiro atoms. The maximum Gasteiger partial charge on any atom is 0.175 e. The summed E-state index contributed by atoms with van der Waals surface area (Å²) in [6.07, 6.45) is 2.17. The fourth-order valence-corrected chi connectivity index (χ4v) is 2.58. The van der Waals surface area contributed by atoms with Gasteiger partial charge in [-0.05, 0) is 36.5 Å². The zero-order valence-electron chi connectivity index (χ0n) is 10.8. The molecule has 1 rings (SSSR count). The minimum absolute atomic E-state index is 0.206. The van der Waals surface area contributed by atoms with Crippen molar-refractivity contribution in [2.75, 3.05) is 12.8 Å². The minimum Gasteiger partial charge on any atom is -0.392 e. The molecule has 2 unspecified atom stereocenters. The van der Waals surface area contributed by atoms with Gasteiger partial charge in [-0.1, -0.05) is 19.1 Å². The third-order valence-electron chi connectivity index (χ3n) is 3.10. The zero-order valence-corrected chi connectivity index (χ0v) is 11.7. The second kappa shape index (κ2) is 6.31. The van der Waals surface area contributed by atoms with Gasteiger partial charge in [-0.15, -0.1) is 0 Å². The van der Waals surface area contributed by atoms with Gasteiger partial charge in [-0.3, -0.25) is 0 Å². The monoisotopic (exact) mass is 271 g/mol. The van der Waals surface area contributed by atoms with Crippen molar-refractivity contribution in [3.8, 4) is 0 Å². The van der Waals surface area contributed by atoms with E-state index in [0.29, 0.717) is 11.3 Å². The van der Waals surface area contributed by atoms with Gasteiger partial charge in [0, 0.05) is 12.8 Å². The number of sulfone groups is 1. The number of hydrogen-bond donors (Lipinski definition) is 2. The Labute approximate surface area is 109 Å². The summed E-state index contributed by atoms with van der Waals surface area (Å²) in [5.41, 5.74) is 6.44. The van der Waals surface area contributed by atoms with E-state index in [1.807, 2.05) is 19.1 Å². The highest BCUT2D eigenvalue weighted by Gasteiger charge is 2.15. The minimum atomic E-state index is -3.15. The van der Waals surface area contributed by atoms with E-state index in [-0.39, 0.29) is 12.5 Å². The molecule has 0 heterocycles. The fraction of sp³-hybridized carbons (Fsp3) is 0.538. The molecule has 0 saturated heterocycles. The summed E-state index contributed by atoms with van der Waals surface area (Å²) in [7, 11) is -3.15. The summed E-state index contributed by atoms with van der Waals surface area (Å²) in [6.45, 7) is 2.29. The maximum absolute atomic E-state index is 11.4. The van der Waals surface area contributed by atoms with Crippen LogP contribution in [0, 0.1) is 0 Å². The molecule has 0 amide bonds. The average Bonchev–Trinajstić information content (AvgIpc) is 2.34. The van der Waals surface area contributed by atoms with Crippen molar-refractivity contribution in [1.82, 2.24) is 0 Å². The molecule has 3 N–H and O–H groups in total. The molecule has 0 fully saturated rings. The van der Waals surface area contributed by atoms with Gasteiger partial charge in [0.05, 0.1) is 11.0 Å². The van der Waals surface area contributed by atoms with E-state index in [4.69, 9.17) is 5.73 Å². The fourth-order valence-electron chi connectivity index (χ4n) is 1.95. The van der Waals surface area contributed by atoms with E-state index >= 15 is 0 Å². The van der Waals surface area contributed by atoms with Crippen LogP contribution in [0.3, 0.4) is 0 Å². The highest BCUT2D eigenvalue weighted by Crippen LogP contribution is 2.25. The molecule has 1 aromatic rings. The molecule has 0 aliphatic heterocycles.